The zero-order valence-electron chi connectivity index (χ0n) is 15.4. The first kappa shape index (κ1) is 17.7. The van der Waals surface area contributed by atoms with Crippen LogP contribution in [-0.4, -0.2) is 11.8 Å². The number of hydrogen-bond acceptors (Lipinski definition) is 3. The molecule has 1 fully saturated rings. The van der Waals surface area contributed by atoms with E-state index in [1.807, 2.05) is 37.3 Å². The highest BCUT2D eigenvalue weighted by molar-refractivity contribution is 6.00. The summed E-state index contributed by atoms with van der Waals surface area (Å²) in [5.41, 5.74) is 3.78. The molecule has 4 nitrogen and oxygen atoms in total. The zero-order valence-corrected chi connectivity index (χ0v) is 15.4. The summed E-state index contributed by atoms with van der Waals surface area (Å²) in [6.45, 7) is 1.98. The lowest BCUT2D eigenvalue weighted by Crippen LogP contribution is -2.84. The molecule has 27 heavy (non-hydrogen) atoms. The van der Waals surface area contributed by atoms with Gasteiger partial charge in [-0.2, -0.15) is 0 Å². The normalized spacial score (nSPS) is 24.0. The number of carbonyl (C=O) groups excluding carboxylic acids is 2. The topological polar surface area (TPSA) is 62.8 Å². The average molecular weight is 362 g/mol. The minimum atomic E-state index is -0.403. The maximum Gasteiger partial charge on any atom is 0.478 e. The molecule has 2 aliphatic rings. The summed E-state index contributed by atoms with van der Waals surface area (Å²) in [5.74, 6) is 0.654. The number of Topliss-reactive ketones (excluding diaryl/α,β-unsaturated/α-hetero) is 1. The first-order valence-electron chi connectivity index (χ1n) is 9.55. The van der Waals surface area contributed by atoms with Crippen LogP contribution in [0, 0.1) is 17.8 Å². The van der Waals surface area contributed by atoms with Crippen LogP contribution in [0.2, 0.25) is 0 Å². The Kier molecular flexibility index (Phi) is 4.90. The molecule has 2 bridgehead atoms. The van der Waals surface area contributed by atoms with Gasteiger partial charge >= 0.3 is 11.8 Å². The molecule has 0 spiro atoms. The molecule has 1 saturated carbocycles. The van der Waals surface area contributed by atoms with Gasteiger partial charge in [0.05, 0.1) is 11.1 Å². The molecule has 4 atom stereocenters. The third-order valence-electron chi connectivity index (χ3n) is 5.77. The Hall–Kier alpha value is -2.72. The fraction of sp³-hybridized carbons (Fsp3) is 0.304. The maximum atomic E-state index is 12.8. The van der Waals surface area contributed by atoms with E-state index in [0.717, 1.165) is 18.4 Å². The van der Waals surface area contributed by atoms with E-state index in [-0.39, 0.29) is 17.7 Å². The highest BCUT2D eigenvalue weighted by Crippen LogP contribution is 2.45. The number of quaternary nitrogens is 1. The number of ketones is 1. The van der Waals surface area contributed by atoms with Crippen molar-refractivity contribution in [2.75, 3.05) is 0 Å². The van der Waals surface area contributed by atoms with Crippen molar-refractivity contribution in [3.63, 3.8) is 0 Å². The van der Waals surface area contributed by atoms with Gasteiger partial charge in [-0.1, -0.05) is 42.5 Å². The van der Waals surface area contributed by atoms with E-state index in [0.29, 0.717) is 23.0 Å². The first-order chi connectivity index (χ1) is 13.1. The number of hydroxylamine groups is 1. The van der Waals surface area contributed by atoms with E-state index >= 15 is 0 Å². The molecule has 4 heteroatoms. The van der Waals surface area contributed by atoms with Crippen molar-refractivity contribution in [1.82, 2.24) is 0 Å². The SMILES string of the molecule is C[C@H]([NH2+]OC(=O)c1ccc(C(=[O+])C2[C@@H]3C=C[C@H]2CC3)cc1)c1ccccc1. The highest BCUT2D eigenvalue weighted by Gasteiger charge is 2.49. The molecule has 2 aromatic rings. The minimum Gasteiger partial charge on any atom is -0.274 e. The predicted molar refractivity (Wildman–Crippen MR) is 102 cm³/mol. The number of rotatable bonds is 6. The number of hydrogen-bond donors (Lipinski definition) is 1. The lowest BCUT2D eigenvalue weighted by Gasteiger charge is -2.09. The third-order valence-corrected chi connectivity index (χ3v) is 5.77. The van der Waals surface area contributed by atoms with Crippen molar-refractivity contribution in [3.05, 3.63) is 83.4 Å². The standard InChI is InChI=1S/C23H23NO3/c1-15(16-5-3-2-4-6-16)24-27-23(26)20-13-11-19(12-14-20)22(25)21-17-7-8-18(21)10-9-17/h2-8,11-15,17-18,21,24H,9-10H2,1H3/q+1/p+1/t15-,17-,18+,21?/m0/s1. The Balaban J connectivity index is 1.36. The quantitative estimate of drug-likeness (QED) is 0.370. The lowest BCUT2D eigenvalue weighted by molar-refractivity contribution is -0.898. The summed E-state index contributed by atoms with van der Waals surface area (Å²) < 4.78 is 0. The monoisotopic (exact) mass is 362 g/mol. The van der Waals surface area contributed by atoms with Crippen molar-refractivity contribution < 1.29 is 19.9 Å². The molecule has 0 saturated heterocycles. The largest absolute Gasteiger partial charge is 0.478 e. The molecule has 0 heterocycles. The van der Waals surface area contributed by atoms with Gasteiger partial charge in [-0.3, -0.25) is 4.84 Å². The van der Waals surface area contributed by atoms with Crippen LogP contribution in [0.4, 0.5) is 0 Å². The summed E-state index contributed by atoms with van der Waals surface area (Å²) in [7, 11) is 0. The van der Waals surface area contributed by atoms with Gasteiger partial charge in [0.1, 0.15) is 12.0 Å². The van der Waals surface area contributed by atoms with Crippen LogP contribution in [0.5, 0.6) is 0 Å². The molecule has 2 N–H and O–H groups in total. The van der Waals surface area contributed by atoms with Crippen LogP contribution in [0.1, 0.15) is 52.1 Å². The van der Waals surface area contributed by atoms with Crippen LogP contribution in [0.15, 0.2) is 66.7 Å². The van der Waals surface area contributed by atoms with Crippen LogP contribution in [0.25, 0.3) is 0 Å². The molecule has 0 aliphatic heterocycles. The number of fused-ring (bicyclic) bond motifs is 2. The number of nitrogens with two attached hydrogens (primary N) is 1. The molecule has 2 aromatic carbocycles. The Labute approximate surface area is 159 Å². The Morgan fingerprint density at radius 1 is 1.00 bits per heavy atom. The molecule has 0 amide bonds. The van der Waals surface area contributed by atoms with E-state index in [2.05, 4.69) is 12.2 Å². The molecular weight excluding hydrogens is 338 g/mol. The maximum absolute atomic E-state index is 12.8. The van der Waals surface area contributed by atoms with E-state index in [9.17, 15) is 9.59 Å². The van der Waals surface area contributed by atoms with E-state index in [1.54, 1.807) is 29.7 Å². The van der Waals surface area contributed by atoms with Crippen molar-refractivity contribution in [2.45, 2.75) is 25.8 Å². The molecule has 2 aliphatic carbocycles. The Morgan fingerprint density at radius 3 is 2.19 bits per heavy atom. The van der Waals surface area contributed by atoms with Gasteiger partial charge < -0.3 is 0 Å². The van der Waals surface area contributed by atoms with Gasteiger partial charge in [0, 0.05) is 5.56 Å². The van der Waals surface area contributed by atoms with Crippen LogP contribution in [-0.2, 0) is 4.84 Å². The van der Waals surface area contributed by atoms with Crippen molar-refractivity contribution >= 4 is 11.8 Å². The second-order valence-electron chi connectivity index (χ2n) is 7.50. The second-order valence-corrected chi connectivity index (χ2v) is 7.50. The smallest absolute Gasteiger partial charge is 0.274 e. The van der Waals surface area contributed by atoms with Gasteiger partial charge in [0.15, 0.2) is 0 Å². The van der Waals surface area contributed by atoms with Crippen molar-refractivity contribution in [1.29, 1.82) is 0 Å². The minimum absolute atomic E-state index is 0.0151. The molecular formula is C23H24NO3+2. The van der Waals surface area contributed by atoms with Gasteiger partial charge in [0.2, 0.25) is 4.79 Å². The molecule has 1 unspecified atom stereocenters. The van der Waals surface area contributed by atoms with Crippen LogP contribution >= 0.6 is 0 Å². The Morgan fingerprint density at radius 2 is 1.59 bits per heavy atom. The summed E-state index contributed by atoms with van der Waals surface area (Å²) in [4.78, 5) is 30.4. The second kappa shape index (κ2) is 7.49. The molecule has 1 radical (unpaired) electrons. The van der Waals surface area contributed by atoms with E-state index in [1.165, 1.54) is 0 Å². The average Bonchev–Trinajstić information content (AvgIpc) is 3.32. The Bertz CT molecular complexity index is 843. The summed E-state index contributed by atoms with van der Waals surface area (Å²) in [6, 6.07) is 16.8. The number of benzene rings is 2. The molecule has 4 rings (SSSR count). The predicted octanol–water partition coefficient (Wildman–Crippen LogP) is 3.48. The van der Waals surface area contributed by atoms with Crippen molar-refractivity contribution in [2.24, 2.45) is 17.8 Å². The van der Waals surface area contributed by atoms with E-state index < -0.39 is 5.97 Å². The lowest BCUT2D eigenvalue weighted by atomic mass is 9.88. The number of allylic oxidation sites excluding steroid dienone is 2. The summed E-state index contributed by atoms with van der Waals surface area (Å²) in [5, 5.41) is 0. The van der Waals surface area contributed by atoms with Gasteiger partial charge in [-0.05, 0) is 55.9 Å². The van der Waals surface area contributed by atoms with Gasteiger partial charge in [0.25, 0.3) is 0 Å². The molecule has 137 valence electrons. The van der Waals surface area contributed by atoms with Gasteiger partial charge in [-0.15, -0.1) is 5.48 Å². The highest BCUT2D eigenvalue weighted by atomic mass is 16.7. The summed E-state index contributed by atoms with van der Waals surface area (Å²) >= 11 is 0. The third kappa shape index (κ3) is 3.58. The van der Waals surface area contributed by atoms with Crippen LogP contribution in [0.3, 0.4) is 0 Å². The van der Waals surface area contributed by atoms with E-state index in [4.69, 9.17) is 4.84 Å². The molecule has 0 aromatic heterocycles. The number of carbonyl (C=O) groups is 2. The van der Waals surface area contributed by atoms with Gasteiger partial charge in [-0.25, -0.2) is 4.79 Å². The summed E-state index contributed by atoms with van der Waals surface area (Å²) in [6.07, 6.45) is 6.59. The zero-order chi connectivity index (χ0) is 18.8. The first-order valence-corrected chi connectivity index (χ1v) is 9.55. The fourth-order valence-corrected chi connectivity index (χ4v) is 4.20. The van der Waals surface area contributed by atoms with Crippen LogP contribution < -0.4 is 5.48 Å². The van der Waals surface area contributed by atoms with Crippen molar-refractivity contribution in [3.8, 4) is 0 Å². The fourth-order valence-electron chi connectivity index (χ4n) is 4.20.